The van der Waals surface area contributed by atoms with Crippen molar-refractivity contribution in [3.8, 4) is 33.4 Å². The molecule has 2 nitrogen and oxygen atoms in total. The first-order chi connectivity index (χ1) is 23.8. The molecule has 0 atom stereocenters. The summed E-state index contributed by atoms with van der Waals surface area (Å²) < 4.78 is 6.79. The quantitative estimate of drug-likeness (QED) is 0.185. The zero-order valence-corrected chi connectivity index (χ0v) is 26.3. The molecule has 0 fully saturated rings. The lowest BCUT2D eigenvalue weighted by molar-refractivity contribution is 0.673. The molecule has 0 N–H and O–H groups in total. The van der Waals surface area contributed by atoms with Crippen molar-refractivity contribution in [1.82, 2.24) is 0 Å². The molecule has 9 rings (SSSR count). The lowest BCUT2D eigenvalue weighted by atomic mass is 9.91. The third-order valence-electron chi connectivity index (χ3n) is 9.27. The molecule has 0 unspecified atom stereocenters. The fourth-order valence-electron chi connectivity index (χ4n) is 7.14. The second-order valence-corrected chi connectivity index (χ2v) is 12.1. The smallest absolute Gasteiger partial charge is 0.143 e. The molecular weight excluding hydrogens is 583 g/mol. The van der Waals surface area contributed by atoms with E-state index in [-0.39, 0.29) is 0 Å². The van der Waals surface area contributed by atoms with Gasteiger partial charge in [0.05, 0.1) is 11.4 Å². The number of hydrogen-bond acceptors (Lipinski definition) is 2. The standard InChI is InChI=1S/C46H31NO/c1-4-17-32(18-5-1)35-23-10-11-25-37(35)39-28-16-30-44-45(39)41-31-43(38-26-12-13-27-40(38)46(41)48-44)47(34-21-8-3-9-22-34)42-29-15-14-24-36(42)33-19-6-2-7-20-33/h1-31H. The van der Waals surface area contributed by atoms with Gasteiger partial charge in [-0.25, -0.2) is 0 Å². The molecule has 0 aliphatic rings. The van der Waals surface area contributed by atoms with Crippen molar-refractivity contribution in [2.75, 3.05) is 4.90 Å². The Kier molecular flexibility index (Phi) is 6.84. The molecule has 48 heavy (non-hydrogen) atoms. The summed E-state index contributed by atoms with van der Waals surface area (Å²) in [7, 11) is 0. The minimum Gasteiger partial charge on any atom is -0.455 e. The highest BCUT2D eigenvalue weighted by Gasteiger charge is 2.23. The molecule has 0 amide bonds. The number of fused-ring (bicyclic) bond motifs is 5. The number of rotatable bonds is 6. The number of anilines is 3. The van der Waals surface area contributed by atoms with E-state index in [1.807, 2.05) is 0 Å². The van der Waals surface area contributed by atoms with Crippen LogP contribution in [0.15, 0.2) is 192 Å². The van der Waals surface area contributed by atoms with Crippen LogP contribution in [-0.2, 0) is 0 Å². The lowest BCUT2D eigenvalue weighted by Gasteiger charge is -2.29. The molecule has 1 aromatic heterocycles. The predicted octanol–water partition coefficient (Wildman–Crippen LogP) is 13.2. The van der Waals surface area contributed by atoms with Crippen LogP contribution in [0.3, 0.4) is 0 Å². The van der Waals surface area contributed by atoms with Gasteiger partial charge in [-0.3, -0.25) is 0 Å². The van der Waals surface area contributed by atoms with Crippen molar-refractivity contribution in [3.05, 3.63) is 188 Å². The topological polar surface area (TPSA) is 16.4 Å². The van der Waals surface area contributed by atoms with E-state index in [4.69, 9.17) is 4.42 Å². The summed E-state index contributed by atoms with van der Waals surface area (Å²) in [5.74, 6) is 0. The molecule has 9 aromatic rings. The fourth-order valence-corrected chi connectivity index (χ4v) is 7.14. The highest BCUT2D eigenvalue weighted by molar-refractivity contribution is 6.23. The zero-order chi connectivity index (χ0) is 31.9. The summed E-state index contributed by atoms with van der Waals surface area (Å²) in [6, 6.07) is 66.7. The van der Waals surface area contributed by atoms with Crippen molar-refractivity contribution in [2.45, 2.75) is 0 Å². The summed E-state index contributed by atoms with van der Waals surface area (Å²) in [6.45, 7) is 0. The molecule has 0 aliphatic carbocycles. The van der Waals surface area contributed by atoms with Gasteiger partial charge in [-0.1, -0.05) is 158 Å². The van der Waals surface area contributed by atoms with E-state index in [9.17, 15) is 0 Å². The molecule has 0 saturated carbocycles. The Morgan fingerprint density at radius 3 is 1.62 bits per heavy atom. The molecular formula is C46H31NO. The summed E-state index contributed by atoms with van der Waals surface area (Å²) in [4.78, 5) is 2.41. The van der Waals surface area contributed by atoms with Gasteiger partial charge in [0.1, 0.15) is 11.2 Å². The van der Waals surface area contributed by atoms with Crippen molar-refractivity contribution in [3.63, 3.8) is 0 Å². The van der Waals surface area contributed by atoms with E-state index in [0.717, 1.165) is 55.3 Å². The van der Waals surface area contributed by atoms with Crippen LogP contribution in [0.5, 0.6) is 0 Å². The van der Waals surface area contributed by atoms with Crippen LogP contribution in [0.25, 0.3) is 66.1 Å². The van der Waals surface area contributed by atoms with Crippen LogP contribution in [0.2, 0.25) is 0 Å². The second kappa shape index (κ2) is 11.8. The number of para-hydroxylation sites is 2. The fraction of sp³-hybridized carbons (Fsp3) is 0. The van der Waals surface area contributed by atoms with Gasteiger partial charge < -0.3 is 9.32 Å². The maximum Gasteiger partial charge on any atom is 0.143 e. The average molecular weight is 614 g/mol. The van der Waals surface area contributed by atoms with Crippen molar-refractivity contribution >= 4 is 49.8 Å². The van der Waals surface area contributed by atoms with Gasteiger partial charge in [0.15, 0.2) is 0 Å². The first-order valence-corrected chi connectivity index (χ1v) is 16.4. The SMILES string of the molecule is c1ccc(-c2ccccc2-c2cccc3oc4c5ccccc5c(N(c5ccccc5)c5ccccc5-c5ccccc5)cc4c23)cc1. The van der Waals surface area contributed by atoms with Crippen molar-refractivity contribution in [1.29, 1.82) is 0 Å². The third kappa shape index (κ3) is 4.66. The molecule has 8 aromatic carbocycles. The van der Waals surface area contributed by atoms with Gasteiger partial charge in [0.25, 0.3) is 0 Å². The molecule has 0 radical (unpaired) electrons. The van der Waals surface area contributed by atoms with Crippen LogP contribution >= 0.6 is 0 Å². The minimum absolute atomic E-state index is 0.878. The number of hydrogen-bond donors (Lipinski definition) is 0. The van der Waals surface area contributed by atoms with E-state index in [2.05, 4.69) is 193 Å². The van der Waals surface area contributed by atoms with E-state index in [0.29, 0.717) is 0 Å². The van der Waals surface area contributed by atoms with Crippen LogP contribution in [0, 0.1) is 0 Å². The lowest BCUT2D eigenvalue weighted by Crippen LogP contribution is -2.11. The van der Waals surface area contributed by atoms with Crippen LogP contribution in [-0.4, -0.2) is 0 Å². The Labute approximate surface area is 279 Å². The number of nitrogens with zero attached hydrogens (tertiary/aromatic N) is 1. The molecule has 2 heteroatoms. The maximum absolute atomic E-state index is 6.79. The molecule has 0 spiro atoms. The summed E-state index contributed by atoms with van der Waals surface area (Å²) in [5, 5.41) is 4.42. The largest absolute Gasteiger partial charge is 0.455 e. The van der Waals surface area contributed by atoms with Gasteiger partial charge in [-0.15, -0.1) is 0 Å². The first kappa shape index (κ1) is 27.9. The van der Waals surface area contributed by atoms with Gasteiger partial charge in [-0.05, 0) is 58.1 Å². The van der Waals surface area contributed by atoms with E-state index in [1.54, 1.807) is 0 Å². The van der Waals surface area contributed by atoms with E-state index < -0.39 is 0 Å². The van der Waals surface area contributed by atoms with Gasteiger partial charge in [0, 0.05) is 32.8 Å². The Hall–Kier alpha value is -6.38. The summed E-state index contributed by atoms with van der Waals surface area (Å²) in [6.07, 6.45) is 0. The molecule has 0 aliphatic heterocycles. The van der Waals surface area contributed by atoms with Gasteiger partial charge >= 0.3 is 0 Å². The first-order valence-electron chi connectivity index (χ1n) is 16.4. The minimum atomic E-state index is 0.878. The highest BCUT2D eigenvalue weighted by Crippen LogP contribution is 2.48. The number of furan rings is 1. The Morgan fingerprint density at radius 2 is 0.896 bits per heavy atom. The highest BCUT2D eigenvalue weighted by atomic mass is 16.3. The molecule has 0 bridgehead atoms. The van der Waals surface area contributed by atoms with Crippen LogP contribution < -0.4 is 4.90 Å². The maximum atomic E-state index is 6.79. The van der Waals surface area contributed by atoms with Crippen LogP contribution in [0.1, 0.15) is 0 Å². The van der Waals surface area contributed by atoms with Crippen molar-refractivity contribution in [2.24, 2.45) is 0 Å². The van der Waals surface area contributed by atoms with Gasteiger partial charge in [-0.2, -0.15) is 0 Å². The van der Waals surface area contributed by atoms with Gasteiger partial charge in [0.2, 0.25) is 0 Å². The molecule has 226 valence electrons. The Balaban J connectivity index is 1.37. The average Bonchev–Trinajstić information content (AvgIpc) is 3.55. The summed E-state index contributed by atoms with van der Waals surface area (Å²) in [5.41, 5.74) is 12.1. The van der Waals surface area contributed by atoms with E-state index >= 15 is 0 Å². The summed E-state index contributed by atoms with van der Waals surface area (Å²) >= 11 is 0. The monoisotopic (exact) mass is 613 g/mol. The van der Waals surface area contributed by atoms with Crippen molar-refractivity contribution < 1.29 is 4.42 Å². The Morgan fingerprint density at radius 1 is 0.354 bits per heavy atom. The zero-order valence-electron chi connectivity index (χ0n) is 26.3. The molecule has 1 heterocycles. The second-order valence-electron chi connectivity index (χ2n) is 12.1. The predicted molar refractivity (Wildman–Crippen MR) is 202 cm³/mol. The number of benzene rings is 8. The normalized spacial score (nSPS) is 11.3. The van der Waals surface area contributed by atoms with E-state index in [1.165, 1.54) is 27.8 Å². The third-order valence-corrected chi connectivity index (χ3v) is 9.27. The molecule has 0 saturated heterocycles. The van der Waals surface area contributed by atoms with Crippen LogP contribution in [0.4, 0.5) is 17.1 Å². The Bertz CT molecular complexity index is 2550.